The van der Waals surface area contributed by atoms with Gasteiger partial charge in [-0.25, -0.2) is 19.2 Å². The van der Waals surface area contributed by atoms with Crippen molar-refractivity contribution in [2.45, 2.75) is 140 Å². The van der Waals surface area contributed by atoms with E-state index in [1.54, 1.807) is 6.92 Å². The summed E-state index contributed by atoms with van der Waals surface area (Å²) in [5, 5.41) is 0. The highest BCUT2D eigenvalue weighted by atomic mass is 16.6. The molecule has 286 valence electrons. The first-order valence-corrected chi connectivity index (χ1v) is 21.1. The van der Waals surface area contributed by atoms with Gasteiger partial charge in [0.2, 0.25) is 0 Å². The van der Waals surface area contributed by atoms with Crippen molar-refractivity contribution < 1.29 is 38.1 Å². The topological polar surface area (TPSA) is 105 Å². The fraction of sp³-hybridized carbons (Fsp3) is 0.818. The lowest BCUT2D eigenvalue weighted by atomic mass is 9.46. The second-order valence-corrected chi connectivity index (χ2v) is 19.0. The molecule has 11 rings (SSSR count). The molecule has 11 saturated carbocycles. The van der Waals surface area contributed by atoms with Gasteiger partial charge < -0.3 is 18.9 Å². The molecule has 0 heterocycles. The van der Waals surface area contributed by atoms with Gasteiger partial charge in [-0.05, 0) is 168 Å². The molecule has 52 heavy (non-hydrogen) atoms. The maximum absolute atomic E-state index is 12.8. The third kappa shape index (κ3) is 6.58. The third-order valence-electron chi connectivity index (χ3n) is 16.1. The van der Waals surface area contributed by atoms with Crippen LogP contribution in [0.25, 0.3) is 0 Å². The zero-order valence-corrected chi connectivity index (χ0v) is 31.5. The summed E-state index contributed by atoms with van der Waals surface area (Å²) in [7, 11) is 0. The summed E-state index contributed by atoms with van der Waals surface area (Å²) in [6.07, 6.45) is 25.1. The monoisotopic (exact) mass is 718 g/mol. The highest BCUT2D eigenvalue weighted by Crippen LogP contribution is 2.67. The minimum absolute atomic E-state index is 0.277. The summed E-state index contributed by atoms with van der Waals surface area (Å²) in [6, 6.07) is 0. The second kappa shape index (κ2) is 14.5. The Morgan fingerprint density at radius 1 is 0.577 bits per heavy atom. The number of esters is 4. The number of ether oxygens (including phenoxy) is 4. The Bertz CT molecular complexity index is 1360. The van der Waals surface area contributed by atoms with Crippen molar-refractivity contribution in [2.75, 3.05) is 13.2 Å². The van der Waals surface area contributed by atoms with Crippen LogP contribution in [0.3, 0.4) is 0 Å². The Labute approximate surface area is 310 Å². The predicted molar refractivity (Wildman–Crippen MR) is 194 cm³/mol. The van der Waals surface area contributed by atoms with Crippen LogP contribution < -0.4 is 0 Å². The first kappa shape index (κ1) is 36.3. The van der Waals surface area contributed by atoms with Gasteiger partial charge in [0.15, 0.2) is 13.2 Å². The molecule has 11 aliphatic carbocycles. The molecule has 11 aliphatic rings. The molecule has 8 heteroatoms. The minimum Gasteiger partial charge on any atom is -0.456 e. The van der Waals surface area contributed by atoms with Crippen molar-refractivity contribution in [2.24, 2.45) is 71.0 Å². The lowest BCUT2D eigenvalue weighted by Crippen LogP contribution is -2.64. The van der Waals surface area contributed by atoms with Crippen LogP contribution in [0.2, 0.25) is 0 Å². The molecule has 0 aromatic rings. The predicted octanol–water partition coefficient (Wildman–Crippen LogP) is 8.31. The fourth-order valence-electron chi connectivity index (χ4n) is 14.8. The van der Waals surface area contributed by atoms with Crippen molar-refractivity contribution >= 4 is 23.9 Å². The SMILES string of the molecule is C=C(C)C(=O)OCC(=O)OC1(C2CC3CCC2C3)C2CC3CC(C2)CC1C3.C=CC(=O)OCC(=O)OC1(C2CCCCC2)C2CC3CC(C2)CC1C3. The zero-order chi connectivity index (χ0) is 36.2. The molecule has 0 aromatic carbocycles. The average Bonchev–Trinajstić information content (AvgIpc) is 3.77. The van der Waals surface area contributed by atoms with Crippen molar-refractivity contribution in [1.82, 2.24) is 0 Å². The first-order chi connectivity index (χ1) is 25.1. The van der Waals surface area contributed by atoms with E-state index in [0.717, 1.165) is 41.6 Å². The zero-order valence-electron chi connectivity index (χ0n) is 31.5. The van der Waals surface area contributed by atoms with Crippen molar-refractivity contribution in [1.29, 1.82) is 0 Å². The van der Waals surface area contributed by atoms with E-state index >= 15 is 0 Å². The Morgan fingerprint density at radius 3 is 1.54 bits per heavy atom. The molecule has 10 bridgehead atoms. The maximum atomic E-state index is 12.8. The molecule has 0 aliphatic heterocycles. The molecule has 11 fully saturated rings. The molecule has 3 unspecified atom stereocenters. The lowest BCUT2D eigenvalue weighted by Gasteiger charge is -2.63. The van der Waals surface area contributed by atoms with Gasteiger partial charge in [0.1, 0.15) is 11.2 Å². The van der Waals surface area contributed by atoms with Crippen molar-refractivity contribution in [3.8, 4) is 0 Å². The van der Waals surface area contributed by atoms with Crippen molar-refractivity contribution in [3.63, 3.8) is 0 Å². The van der Waals surface area contributed by atoms with Crippen LogP contribution in [-0.2, 0) is 38.1 Å². The Kier molecular flexibility index (Phi) is 10.2. The van der Waals surface area contributed by atoms with Gasteiger partial charge in [0.05, 0.1) is 0 Å². The average molecular weight is 719 g/mol. The summed E-state index contributed by atoms with van der Waals surface area (Å²) in [6.45, 7) is 7.99. The molecule has 0 spiro atoms. The van der Waals surface area contributed by atoms with E-state index in [9.17, 15) is 19.2 Å². The number of rotatable bonds is 10. The Morgan fingerprint density at radius 2 is 1.08 bits per heavy atom. The van der Waals surface area contributed by atoms with Gasteiger partial charge in [0.25, 0.3) is 0 Å². The van der Waals surface area contributed by atoms with E-state index in [1.807, 2.05) is 0 Å². The number of hydrogen-bond donors (Lipinski definition) is 0. The maximum Gasteiger partial charge on any atom is 0.344 e. The lowest BCUT2D eigenvalue weighted by molar-refractivity contribution is -0.237. The molecule has 0 saturated heterocycles. The fourth-order valence-corrected chi connectivity index (χ4v) is 14.8. The van der Waals surface area contributed by atoms with Crippen LogP contribution in [0.4, 0.5) is 0 Å². The number of hydrogen-bond acceptors (Lipinski definition) is 8. The van der Waals surface area contributed by atoms with Gasteiger partial charge in [-0.1, -0.05) is 38.8 Å². The molecule has 0 N–H and O–H groups in total. The third-order valence-corrected chi connectivity index (χ3v) is 16.1. The minimum atomic E-state index is -0.561. The van der Waals surface area contributed by atoms with Crippen molar-refractivity contribution in [3.05, 3.63) is 24.8 Å². The number of carbonyl (C=O) groups is 4. The largest absolute Gasteiger partial charge is 0.456 e. The summed E-state index contributed by atoms with van der Waals surface area (Å²) in [5.41, 5.74) is -0.244. The van der Waals surface area contributed by atoms with E-state index < -0.39 is 11.9 Å². The van der Waals surface area contributed by atoms with E-state index in [1.165, 1.54) is 122 Å². The highest BCUT2D eigenvalue weighted by Gasteiger charge is 2.66. The summed E-state index contributed by atoms with van der Waals surface area (Å²) >= 11 is 0. The van der Waals surface area contributed by atoms with Crippen LogP contribution in [0, 0.1) is 71.0 Å². The van der Waals surface area contributed by atoms with E-state index in [0.29, 0.717) is 41.1 Å². The Hall–Kier alpha value is -2.64. The van der Waals surface area contributed by atoms with Crippen LogP contribution in [-0.4, -0.2) is 48.3 Å². The van der Waals surface area contributed by atoms with Gasteiger partial charge in [-0.15, -0.1) is 0 Å². The standard InChI is InChI=1S/C23H32O4.C21H30O4/c1-13(2)22(25)26-12-21(24)27-23(20-11-14-3-4-17(20)6-14)18-7-15-5-16(9-18)10-19(23)8-15;1-2-19(22)24-13-20(23)25-21(16-6-4-3-5-7-16)17-9-14-8-15(11-17)12-18(21)10-14/h14-20H,1,3-12H2,2H3;2,14-18H,1,3-13H2. The highest BCUT2D eigenvalue weighted by molar-refractivity contribution is 5.88. The first-order valence-electron chi connectivity index (χ1n) is 21.1. The second-order valence-electron chi connectivity index (χ2n) is 19.0. The molecule has 0 aromatic heterocycles. The Balaban J connectivity index is 0.000000149. The van der Waals surface area contributed by atoms with Crippen LogP contribution >= 0.6 is 0 Å². The van der Waals surface area contributed by atoms with Gasteiger partial charge >= 0.3 is 23.9 Å². The van der Waals surface area contributed by atoms with Gasteiger partial charge in [-0.2, -0.15) is 0 Å². The smallest absolute Gasteiger partial charge is 0.344 e. The van der Waals surface area contributed by atoms with Crippen LogP contribution in [0.5, 0.6) is 0 Å². The van der Waals surface area contributed by atoms with E-state index in [2.05, 4.69) is 13.2 Å². The number of carbonyl (C=O) groups excluding carboxylic acids is 4. The molecular formula is C44H62O8. The van der Waals surface area contributed by atoms with E-state index in [4.69, 9.17) is 18.9 Å². The molecule has 0 radical (unpaired) electrons. The number of fused-ring (bicyclic) bond motifs is 2. The molecule has 3 atom stereocenters. The summed E-state index contributed by atoms with van der Waals surface area (Å²) in [4.78, 5) is 48.4. The molecular weight excluding hydrogens is 656 g/mol. The van der Waals surface area contributed by atoms with Crippen LogP contribution in [0.1, 0.15) is 129 Å². The van der Waals surface area contributed by atoms with Gasteiger partial charge in [-0.3, -0.25) is 0 Å². The van der Waals surface area contributed by atoms with Gasteiger partial charge in [0, 0.05) is 17.6 Å². The van der Waals surface area contributed by atoms with Crippen LogP contribution in [0.15, 0.2) is 24.8 Å². The summed E-state index contributed by atoms with van der Waals surface area (Å²) < 4.78 is 22.8. The molecule has 8 nitrogen and oxygen atoms in total. The quantitative estimate of drug-likeness (QED) is 0.126. The van der Waals surface area contributed by atoms with E-state index in [-0.39, 0.29) is 36.4 Å². The molecule has 0 amide bonds. The summed E-state index contributed by atoms with van der Waals surface area (Å²) in [5.74, 6) is 6.29. The normalized spacial score (nSPS) is 43.3.